The molecule has 1 aromatic heterocycles. The van der Waals surface area contributed by atoms with Crippen molar-refractivity contribution < 1.29 is 14.7 Å². The molecule has 0 saturated carbocycles. The number of H-pyrrole nitrogens is 1. The van der Waals surface area contributed by atoms with Crippen LogP contribution in [0.5, 0.6) is 0 Å². The molecule has 7 heteroatoms. The Bertz CT molecular complexity index is 1020. The summed E-state index contributed by atoms with van der Waals surface area (Å²) in [6.45, 7) is 2.03. The minimum Gasteiger partial charge on any atom is -0.481 e. The molecule has 0 fully saturated rings. The van der Waals surface area contributed by atoms with Gasteiger partial charge in [-0.25, -0.2) is 4.68 Å². The van der Waals surface area contributed by atoms with E-state index in [1.54, 1.807) is 24.3 Å². The molecule has 3 N–H and O–H groups in total. The molecule has 0 aliphatic rings. The standard InChI is InChI=1S/C21H21N3O4/c1-2-14-8-10-15(11-9-14)17(13-20(26)27)22-21(28)18-12-19(25)24(23-18)16-6-4-3-5-7-16/h3-12,17,23H,2,13H2,1H3,(H,22,28)(H,26,27). The van der Waals surface area contributed by atoms with Crippen LogP contribution < -0.4 is 10.9 Å². The van der Waals surface area contributed by atoms with E-state index in [-0.39, 0.29) is 17.7 Å². The summed E-state index contributed by atoms with van der Waals surface area (Å²) in [6, 6.07) is 16.8. The van der Waals surface area contributed by atoms with Crippen molar-refractivity contribution in [3.05, 3.63) is 87.8 Å². The molecular formula is C21H21N3O4. The van der Waals surface area contributed by atoms with Gasteiger partial charge in [-0.05, 0) is 29.7 Å². The zero-order valence-corrected chi connectivity index (χ0v) is 15.4. The minimum absolute atomic E-state index is 0.0643. The number of carbonyl (C=O) groups is 2. The van der Waals surface area contributed by atoms with Crippen LogP contribution in [0.1, 0.15) is 41.0 Å². The number of aryl methyl sites for hydroxylation is 1. The maximum Gasteiger partial charge on any atom is 0.305 e. The number of nitrogens with one attached hydrogen (secondary N) is 2. The lowest BCUT2D eigenvalue weighted by Gasteiger charge is -2.17. The number of benzene rings is 2. The van der Waals surface area contributed by atoms with Crippen molar-refractivity contribution in [1.82, 2.24) is 15.1 Å². The number of aromatic nitrogens is 2. The molecule has 3 rings (SSSR count). The Kier molecular flexibility index (Phi) is 5.74. The van der Waals surface area contributed by atoms with Gasteiger partial charge in [0.05, 0.1) is 18.2 Å². The van der Waals surface area contributed by atoms with Crippen LogP contribution in [0, 0.1) is 0 Å². The molecule has 1 atom stereocenters. The predicted octanol–water partition coefficient (Wildman–Crippen LogP) is 2.67. The summed E-state index contributed by atoms with van der Waals surface area (Å²) in [5.74, 6) is -1.57. The Labute approximate surface area is 161 Å². The molecule has 144 valence electrons. The zero-order chi connectivity index (χ0) is 20.1. The van der Waals surface area contributed by atoms with Gasteiger partial charge in [0.15, 0.2) is 0 Å². The monoisotopic (exact) mass is 379 g/mol. The number of aromatic amines is 1. The molecular weight excluding hydrogens is 358 g/mol. The molecule has 0 aliphatic carbocycles. The van der Waals surface area contributed by atoms with E-state index in [9.17, 15) is 19.5 Å². The van der Waals surface area contributed by atoms with Crippen LogP contribution in [0.15, 0.2) is 65.5 Å². The number of nitrogens with zero attached hydrogens (tertiary/aromatic N) is 1. The smallest absolute Gasteiger partial charge is 0.305 e. The number of para-hydroxylation sites is 1. The second-order valence-corrected chi connectivity index (χ2v) is 6.40. The highest BCUT2D eigenvalue weighted by molar-refractivity contribution is 5.92. The van der Waals surface area contributed by atoms with Crippen molar-refractivity contribution >= 4 is 11.9 Å². The lowest BCUT2D eigenvalue weighted by Crippen LogP contribution is -2.30. The lowest BCUT2D eigenvalue weighted by atomic mass is 10.0. The molecule has 1 unspecified atom stereocenters. The van der Waals surface area contributed by atoms with Crippen LogP contribution in [-0.4, -0.2) is 26.8 Å². The molecule has 0 radical (unpaired) electrons. The fourth-order valence-corrected chi connectivity index (χ4v) is 2.93. The van der Waals surface area contributed by atoms with Gasteiger partial charge in [-0.2, -0.15) is 0 Å². The first-order chi connectivity index (χ1) is 13.5. The first kappa shape index (κ1) is 19.2. The van der Waals surface area contributed by atoms with Crippen LogP contribution in [0.25, 0.3) is 5.69 Å². The van der Waals surface area contributed by atoms with E-state index in [2.05, 4.69) is 10.4 Å². The molecule has 2 aromatic carbocycles. The van der Waals surface area contributed by atoms with Crippen LogP contribution in [0.2, 0.25) is 0 Å². The van der Waals surface area contributed by atoms with E-state index in [0.717, 1.165) is 12.0 Å². The summed E-state index contributed by atoms with van der Waals surface area (Å²) < 4.78 is 1.26. The predicted molar refractivity (Wildman–Crippen MR) is 105 cm³/mol. The van der Waals surface area contributed by atoms with E-state index < -0.39 is 17.9 Å². The molecule has 0 aliphatic heterocycles. The molecule has 1 amide bonds. The van der Waals surface area contributed by atoms with Crippen molar-refractivity contribution in [3.8, 4) is 5.69 Å². The average molecular weight is 379 g/mol. The highest BCUT2D eigenvalue weighted by Gasteiger charge is 2.20. The molecule has 28 heavy (non-hydrogen) atoms. The van der Waals surface area contributed by atoms with Gasteiger partial charge in [0, 0.05) is 6.07 Å². The third-order valence-electron chi connectivity index (χ3n) is 4.45. The quantitative estimate of drug-likeness (QED) is 0.587. The summed E-state index contributed by atoms with van der Waals surface area (Å²) in [7, 11) is 0. The van der Waals surface area contributed by atoms with Crippen LogP contribution >= 0.6 is 0 Å². The van der Waals surface area contributed by atoms with E-state index in [1.165, 1.54) is 10.7 Å². The SMILES string of the molecule is CCc1ccc(C(CC(=O)O)NC(=O)c2cc(=O)n(-c3ccccc3)[nH]2)cc1. The average Bonchev–Trinajstić information content (AvgIpc) is 3.10. The maximum atomic E-state index is 12.6. The fourth-order valence-electron chi connectivity index (χ4n) is 2.93. The first-order valence-corrected chi connectivity index (χ1v) is 8.97. The van der Waals surface area contributed by atoms with Gasteiger partial charge in [0.2, 0.25) is 0 Å². The molecule has 3 aromatic rings. The number of amides is 1. The molecule has 0 spiro atoms. The van der Waals surface area contributed by atoms with Crippen molar-refractivity contribution in [1.29, 1.82) is 0 Å². The molecule has 0 saturated heterocycles. The summed E-state index contributed by atoms with van der Waals surface area (Å²) >= 11 is 0. The highest BCUT2D eigenvalue weighted by Crippen LogP contribution is 2.18. The summed E-state index contributed by atoms with van der Waals surface area (Å²) in [5, 5.41) is 14.7. The Morgan fingerprint density at radius 1 is 1.11 bits per heavy atom. The van der Waals surface area contributed by atoms with Crippen molar-refractivity contribution in [3.63, 3.8) is 0 Å². The summed E-state index contributed by atoms with van der Waals surface area (Å²) in [5.41, 5.74) is 2.10. The third-order valence-corrected chi connectivity index (χ3v) is 4.45. The summed E-state index contributed by atoms with van der Waals surface area (Å²) in [4.78, 5) is 36.1. The second-order valence-electron chi connectivity index (χ2n) is 6.40. The Balaban J connectivity index is 1.84. The van der Waals surface area contributed by atoms with Crippen molar-refractivity contribution in [2.24, 2.45) is 0 Å². The van der Waals surface area contributed by atoms with Gasteiger partial charge in [0.1, 0.15) is 5.69 Å². The molecule has 7 nitrogen and oxygen atoms in total. The Morgan fingerprint density at radius 2 is 1.79 bits per heavy atom. The Hall–Kier alpha value is -3.61. The highest BCUT2D eigenvalue weighted by atomic mass is 16.4. The number of hydrogen-bond acceptors (Lipinski definition) is 3. The largest absolute Gasteiger partial charge is 0.481 e. The van der Waals surface area contributed by atoms with Crippen LogP contribution in [0.3, 0.4) is 0 Å². The van der Waals surface area contributed by atoms with Gasteiger partial charge in [0.25, 0.3) is 11.5 Å². The number of carboxylic acids is 1. The van der Waals surface area contributed by atoms with Crippen molar-refractivity contribution in [2.45, 2.75) is 25.8 Å². The van der Waals surface area contributed by atoms with Crippen LogP contribution in [-0.2, 0) is 11.2 Å². The topological polar surface area (TPSA) is 104 Å². The molecule has 0 bridgehead atoms. The number of aliphatic carboxylic acids is 1. The van der Waals surface area contributed by atoms with Gasteiger partial charge in [-0.1, -0.05) is 49.4 Å². The zero-order valence-electron chi connectivity index (χ0n) is 15.4. The fraction of sp³-hybridized carbons (Fsp3) is 0.190. The Morgan fingerprint density at radius 3 is 2.39 bits per heavy atom. The number of carboxylic acid groups (broad SMARTS) is 1. The van der Waals surface area contributed by atoms with Crippen LogP contribution in [0.4, 0.5) is 0 Å². The summed E-state index contributed by atoms with van der Waals surface area (Å²) in [6.07, 6.45) is 0.602. The van der Waals surface area contributed by atoms with E-state index in [1.807, 2.05) is 37.3 Å². The van der Waals surface area contributed by atoms with E-state index in [4.69, 9.17) is 0 Å². The van der Waals surface area contributed by atoms with Gasteiger partial charge < -0.3 is 10.4 Å². The number of rotatable bonds is 7. The van der Waals surface area contributed by atoms with E-state index in [0.29, 0.717) is 11.3 Å². The van der Waals surface area contributed by atoms with Crippen molar-refractivity contribution in [2.75, 3.05) is 0 Å². The third kappa shape index (κ3) is 4.37. The number of carbonyl (C=O) groups excluding carboxylic acids is 1. The van der Waals surface area contributed by atoms with Gasteiger partial charge >= 0.3 is 5.97 Å². The maximum absolute atomic E-state index is 12.6. The van der Waals surface area contributed by atoms with E-state index >= 15 is 0 Å². The first-order valence-electron chi connectivity index (χ1n) is 8.97. The normalized spacial score (nSPS) is 11.8. The van der Waals surface area contributed by atoms with Gasteiger partial charge in [-0.3, -0.25) is 19.5 Å². The number of hydrogen-bond donors (Lipinski definition) is 3. The second kappa shape index (κ2) is 8.39. The lowest BCUT2D eigenvalue weighted by molar-refractivity contribution is -0.137. The minimum atomic E-state index is -1.03. The van der Waals surface area contributed by atoms with Gasteiger partial charge in [-0.15, -0.1) is 0 Å². The molecule has 1 heterocycles.